The van der Waals surface area contributed by atoms with E-state index in [1.807, 2.05) is 21.7 Å². The molecule has 3 rings (SSSR count). The Morgan fingerprint density at radius 1 is 1.05 bits per heavy atom. The molecule has 1 N–H and O–H groups in total. The molecule has 1 fully saturated rings. The lowest BCUT2D eigenvalue weighted by Gasteiger charge is -2.35. The number of nitrogens with one attached hydrogen (secondary N) is 1. The maximum Gasteiger partial charge on any atom is 0.166 e. The fourth-order valence-electron chi connectivity index (χ4n) is 2.72. The van der Waals surface area contributed by atoms with E-state index in [1.165, 1.54) is 11.3 Å². The van der Waals surface area contributed by atoms with Gasteiger partial charge in [-0.15, -0.1) is 12.4 Å². The third-order valence-corrected chi connectivity index (χ3v) is 4.43. The van der Waals surface area contributed by atoms with Gasteiger partial charge in [0, 0.05) is 31.7 Å². The molecule has 0 saturated carbocycles. The first-order valence-corrected chi connectivity index (χ1v) is 7.73. The Balaban J connectivity index is 0.00000176. The lowest BCUT2D eigenvalue weighted by atomic mass is 9.97. The van der Waals surface area contributed by atoms with Gasteiger partial charge in [-0.1, -0.05) is 0 Å². The number of nitrogens with zero attached hydrogens (tertiary/aromatic N) is 1. The lowest BCUT2D eigenvalue weighted by Crippen LogP contribution is -2.45. The SMILES string of the molecule is Cl.Fc1ccc(F)c([C@H](c2ccsc2)N2CCNCC2)c1F. The van der Waals surface area contributed by atoms with E-state index in [0.717, 1.165) is 30.8 Å². The molecule has 1 aliphatic rings. The van der Waals surface area contributed by atoms with Crippen molar-refractivity contribution in [3.05, 3.63) is 57.5 Å². The molecule has 7 heteroatoms. The van der Waals surface area contributed by atoms with Crippen LogP contribution in [0.2, 0.25) is 0 Å². The minimum atomic E-state index is -1.09. The summed E-state index contributed by atoms with van der Waals surface area (Å²) in [5, 5.41) is 6.92. The van der Waals surface area contributed by atoms with Crippen molar-refractivity contribution in [3.8, 4) is 0 Å². The second-order valence-corrected chi connectivity index (χ2v) is 5.78. The Labute approximate surface area is 137 Å². The van der Waals surface area contributed by atoms with Gasteiger partial charge < -0.3 is 5.32 Å². The fourth-order valence-corrected chi connectivity index (χ4v) is 3.40. The van der Waals surface area contributed by atoms with E-state index in [9.17, 15) is 13.2 Å². The fraction of sp³-hybridized carbons (Fsp3) is 0.333. The molecule has 0 bridgehead atoms. The summed E-state index contributed by atoms with van der Waals surface area (Å²) in [5.74, 6) is -2.81. The molecule has 0 unspecified atom stereocenters. The molecule has 0 aliphatic carbocycles. The first-order valence-electron chi connectivity index (χ1n) is 6.78. The number of piperazine rings is 1. The van der Waals surface area contributed by atoms with Gasteiger partial charge in [-0.25, -0.2) is 13.2 Å². The van der Waals surface area contributed by atoms with E-state index >= 15 is 0 Å². The number of halogens is 4. The molecule has 120 valence electrons. The van der Waals surface area contributed by atoms with E-state index in [0.29, 0.717) is 13.1 Å². The standard InChI is InChI=1S/C15H15F3N2S.ClH/c16-11-1-2-12(17)14(18)13(11)15(10-3-8-21-9-10)20-6-4-19-5-7-20;/h1-3,8-9,15,19H,4-7H2;1H/t15-;/m0./s1. The number of rotatable bonds is 3. The Hall–Kier alpha value is -1.08. The van der Waals surface area contributed by atoms with Crippen LogP contribution in [-0.2, 0) is 0 Å². The van der Waals surface area contributed by atoms with Gasteiger partial charge in [0.25, 0.3) is 0 Å². The molecule has 2 heterocycles. The molecule has 0 spiro atoms. The van der Waals surface area contributed by atoms with Crippen molar-refractivity contribution >= 4 is 23.7 Å². The van der Waals surface area contributed by atoms with Crippen molar-refractivity contribution < 1.29 is 13.2 Å². The van der Waals surface area contributed by atoms with Crippen LogP contribution in [0.5, 0.6) is 0 Å². The van der Waals surface area contributed by atoms with Gasteiger partial charge in [-0.3, -0.25) is 4.90 Å². The molecule has 2 nitrogen and oxygen atoms in total. The van der Waals surface area contributed by atoms with Crippen molar-refractivity contribution in [2.24, 2.45) is 0 Å². The maximum absolute atomic E-state index is 14.2. The van der Waals surface area contributed by atoms with Gasteiger partial charge in [0.15, 0.2) is 11.6 Å². The highest BCUT2D eigenvalue weighted by atomic mass is 35.5. The first kappa shape index (κ1) is 17.3. The highest BCUT2D eigenvalue weighted by molar-refractivity contribution is 7.08. The smallest absolute Gasteiger partial charge is 0.166 e. The second kappa shape index (κ2) is 7.46. The molecular formula is C15H16ClF3N2S. The highest BCUT2D eigenvalue weighted by Crippen LogP contribution is 2.34. The van der Waals surface area contributed by atoms with E-state index in [2.05, 4.69) is 5.32 Å². The minimum Gasteiger partial charge on any atom is -0.314 e. The largest absolute Gasteiger partial charge is 0.314 e. The molecule has 22 heavy (non-hydrogen) atoms. The number of hydrogen-bond acceptors (Lipinski definition) is 3. The van der Waals surface area contributed by atoms with Gasteiger partial charge in [-0.2, -0.15) is 11.3 Å². The van der Waals surface area contributed by atoms with Crippen LogP contribution in [0.3, 0.4) is 0 Å². The molecule has 1 saturated heterocycles. The molecular weight excluding hydrogens is 333 g/mol. The van der Waals surface area contributed by atoms with E-state index in [4.69, 9.17) is 0 Å². The minimum absolute atomic E-state index is 0. The van der Waals surface area contributed by atoms with Crippen molar-refractivity contribution in [2.45, 2.75) is 6.04 Å². The molecule has 1 atom stereocenters. The normalized spacial score (nSPS) is 17.0. The Morgan fingerprint density at radius 2 is 1.73 bits per heavy atom. The third-order valence-electron chi connectivity index (χ3n) is 3.73. The van der Waals surface area contributed by atoms with E-state index in [-0.39, 0.29) is 18.0 Å². The molecule has 0 amide bonds. The van der Waals surface area contributed by atoms with Gasteiger partial charge in [-0.05, 0) is 34.5 Å². The second-order valence-electron chi connectivity index (χ2n) is 5.00. The number of thiophene rings is 1. The molecule has 2 aromatic rings. The Bertz CT molecular complexity index is 616. The lowest BCUT2D eigenvalue weighted by molar-refractivity contribution is 0.191. The zero-order chi connectivity index (χ0) is 14.8. The van der Waals surface area contributed by atoms with Crippen LogP contribution >= 0.6 is 23.7 Å². The van der Waals surface area contributed by atoms with Crippen LogP contribution in [0.25, 0.3) is 0 Å². The summed E-state index contributed by atoms with van der Waals surface area (Å²) >= 11 is 1.46. The number of hydrogen-bond donors (Lipinski definition) is 1. The van der Waals surface area contributed by atoms with Crippen molar-refractivity contribution in [1.29, 1.82) is 0 Å². The predicted octanol–water partition coefficient (Wildman–Crippen LogP) is 3.58. The van der Waals surface area contributed by atoms with E-state index in [1.54, 1.807) is 0 Å². The van der Waals surface area contributed by atoms with Gasteiger partial charge in [0.2, 0.25) is 0 Å². The van der Waals surface area contributed by atoms with Crippen LogP contribution in [0, 0.1) is 17.5 Å². The van der Waals surface area contributed by atoms with Gasteiger partial charge >= 0.3 is 0 Å². The van der Waals surface area contributed by atoms with Crippen molar-refractivity contribution in [1.82, 2.24) is 10.2 Å². The summed E-state index contributed by atoms with van der Waals surface area (Å²) in [6, 6.07) is 3.07. The first-order chi connectivity index (χ1) is 10.2. The topological polar surface area (TPSA) is 15.3 Å². The van der Waals surface area contributed by atoms with Crippen LogP contribution in [0.4, 0.5) is 13.2 Å². The highest BCUT2D eigenvalue weighted by Gasteiger charge is 2.30. The quantitative estimate of drug-likeness (QED) is 0.853. The summed E-state index contributed by atoms with van der Waals surface area (Å²) in [5.41, 5.74) is 0.598. The summed E-state index contributed by atoms with van der Waals surface area (Å²) in [4.78, 5) is 1.99. The zero-order valence-corrected chi connectivity index (χ0v) is 13.3. The summed E-state index contributed by atoms with van der Waals surface area (Å²) in [7, 11) is 0. The Kier molecular flexibility index (Phi) is 5.86. The molecule has 1 aromatic carbocycles. The third kappa shape index (κ3) is 3.30. The van der Waals surface area contributed by atoms with Crippen LogP contribution in [0.1, 0.15) is 17.2 Å². The zero-order valence-electron chi connectivity index (χ0n) is 11.7. The molecule has 1 aromatic heterocycles. The van der Waals surface area contributed by atoms with Gasteiger partial charge in [0.05, 0.1) is 6.04 Å². The summed E-state index contributed by atoms with van der Waals surface area (Å²) < 4.78 is 41.9. The van der Waals surface area contributed by atoms with Crippen LogP contribution < -0.4 is 5.32 Å². The number of benzene rings is 1. The average molecular weight is 349 g/mol. The predicted molar refractivity (Wildman–Crippen MR) is 84.2 cm³/mol. The van der Waals surface area contributed by atoms with Crippen LogP contribution in [-0.4, -0.2) is 31.1 Å². The van der Waals surface area contributed by atoms with E-state index < -0.39 is 23.5 Å². The molecule has 0 radical (unpaired) electrons. The summed E-state index contributed by atoms with van der Waals surface area (Å²) in [6.07, 6.45) is 0. The van der Waals surface area contributed by atoms with Crippen molar-refractivity contribution in [3.63, 3.8) is 0 Å². The Morgan fingerprint density at radius 3 is 2.36 bits per heavy atom. The molecule has 1 aliphatic heterocycles. The van der Waals surface area contributed by atoms with Crippen LogP contribution in [0.15, 0.2) is 29.0 Å². The monoisotopic (exact) mass is 348 g/mol. The van der Waals surface area contributed by atoms with Crippen molar-refractivity contribution in [2.75, 3.05) is 26.2 Å². The summed E-state index contributed by atoms with van der Waals surface area (Å²) in [6.45, 7) is 2.82. The maximum atomic E-state index is 14.2. The van der Waals surface area contributed by atoms with Gasteiger partial charge in [0.1, 0.15) is 5.82 Å². The average Bonchev–Trinajstić information content (AvgIpc) is 3.02.